The Morgan fingerprint density at radius 3 is 0.819 bits per heavy atom. The molecule has 0 bridgehead atoms. The maximum atomic E-state index is 16.2. The molecule has 0 aromatic heterocycles. The standard InChI is InChI=1S/C42H74FN5O24.C42H75N5O25/c1-3-44-23(51)7-5-4-6-8-45-24(52)13-48(15-26(54)47-10-12-66-40-35(62)32(59)28(55)19(2)68-40)14-25(53)46-9-11-65-39-27(43)38(72-42-37(64)34(61)30(57)21(17-50)70-42)31(58)22(71-39)18-67-41-36(63)33(60)29(56)20(16-49)69-41;1-3-43-23(50)7-5-4-6-8-44-24(51)13-47(14-25(52)45-9-11-65-39-34(61)31(58)27(54)19(2)68-39)15-26(53)46-10-12-66-41-37(64)38(72-42-36(63)33(60)29(56)21(17-49)70-42)30(57)22(71-41)18-67-40-35(62)32(59)28(55)20(16-48)69-40/h19-22,27-42,49-50,55-64H,3-18H2,1-2H3,(H,44,51)(H,45,52)(H,46,53)(H,47,54);19-22,27-42,48-49,54-64H,3-18H2,1-2H3,(H,43,50)(H,44,51)(H,45,52)(H,46,53)/t19-,20+,21+,22+,27+,28+,29+,30+,31+,32+,33-,34-,35-,36-,37-,38+,39+,40+,41-,42+;19-,20+,21+,22+,27+,28+,29+,30+,31+,32-,33-,34-,35-,36-,37+,38-,39+,40-,41+,42+/m00/s1. The van der Waals surface area contributed by atoms with E-state index in [9.17, 15) is 166 Å². The van der Waals surface area contributed by atoms with Crippen molar-refractivity contribution in [1.29, 1.82) is 0 Å². The first-order valence-electron chi connectivity index (χ1n) is 47.6. The van der Waals surface area contributed by atoms with Gasteiger partial charge >= 0.3 is 0 Å². The number of nitrogens with zero attached hydrogens (tertiary/aromatic N) is 2. The molecule has 8 aliphatic heterocycles. The molecular formula is C84H149FN10O49. The molecular weight excluding hydrogens is 1950 g/mol. The van der Waals surface area contributed by atoms with Gasteiger partial charge in [0.2, 0.25) is 47.3 Å². The maximum absolute atomic E-state index is 16.2. The van der Waals surface area contributed by atoms with Crippen LogP contribution in [0.5, 0.6) is 0 Å². The van der Waals surface area contributed by atoms with Gasteiger partial charge in [0, 0.05) is 65.2 Å². The fourth-order valence-electron chi connectivity index (χ4n) is 16.0. The first-order chi connectivity index (χ1) is 68.4. The van der Waals surface area contributed by atoms with Gasteiger partial charge in [-0.2, -0.15) is 0 Å². The zero-order valence-electron chi connectivity index (χ0n) is 80.0. The lowest BCUT2D eigenvalue weighted by molar-refractivity contribution is -0.366. The van der Waals surface area contributed by atoms with E-state index in [2.05, 4.69) is 42.5 Å². The summed E-state index contributed by atoms with van der Waals surface area (Å²) < 4.78 is 104. The number of halogens is 1. The highest BCUT2D eigenvalue weighted by Crippen LogP contribution is 2.36. The van der Waals surface area contributed by atoms with E-state index < -0.39 is 373 Å². The Kier molecular flexibility index (Phi) is 54.9. The van der Waals surface area contributed by atoms with Gasteiger partial charge in [0.25, 0.3) is 0 Å². The third-order valence-corrected chi connectivity index (χ3v) is 24.3. The molecule has 0 saturated carbocycles. The average Bonchev–Trinajstić information content (AvgIpc) is 0.786. The Morgan fingerprint density at radius 1 is 0.257 bits per heavy atom. The summed E-state index contributed by atoms with van der Waals surface area (Å²) in [4.78, 5) is 104. The molecule has 8 heterocycles. The molecule has 0 aliphatic carbocycles. The number of ether oxygens (including phenoxy) is 16. The molecule has 8 rings (SSSR count). The van der Waals surface area contributed by atoms with Crippen molar-refractivity contribution in [2.75, 3.05) is 158 Å². The summed E-state index contributed by atoms with van der Waals surface area (Å²) >= 11 is 0. The van der Waals surface area contributed by atoms with E-state index >= 15 is 4.39 Å². The molecule has 836 valence electrons. The molecule has 60 heteroatoms. The highest BCUT2D eigenvalue weighted by Gasteiger charge is 2.56. The third-order valence-electron chi connectivity index (χ3n) is 24.3. The van der Waals surface area contributed by atoms with E-state index in [-0.39, 0.29) is 64.3 Å². The fourth-order valence-corrected chi connectivity index (χ4v) is 16.0. The maximum Gasteiger partial charge on any atom is 0.234 e. The number of unbranched alkanes of at least 4 members (excludes halogenated alkanes) is 4. The zero-order chi connectivity index (χ0) is 106. The van der Waals surface area contributed by atoms with Gasteiger partial charge in [-0.3, -0.25) is 48.2 Å². The Hall–Kier alpha value is -6.03. The van der Waals surface area contributed by atoms with Crippen LogP contribution >= 0.6 is 0 Å². The van der Waals surface area contributed by atoms with Crippen LogP contribution in [0.25, 0.3) is 0 Å². The first-order valence-corrected chi connectivity index (χ1v) is 47.6. The van der Waals surface area contributed by atoms with Crippen molar-refractivity contribution >= 4 is 47.3 Å². The lowest BCUT2D eigenvalue weighted by atomic mass is 9.96. The Labute approximate surface area is 825 Å². The summed E-state index contributed by atoms with van der Waals surface area (Å²) in [5, 5.41) is 277. The number of aliphatic hydroxyl groups is 25. The van der Waals surface area contributed by atoms with Crippen molar-refractivity contribution < 1.29 is 246 Å². The van der Waals surface area contributed by atoms with Gasteiger partial charge in [0.15, 0.2) is 56.5 Å². The van der Waals surface area contributed by atoms with Gasteiger partial charge in [0.05, 0.1) is 118 Å². The van der Waals surface area contributed by atoms with Gasteiger partial charge < -0.3 is 246 Å². The summed E-state index contributed by atoms with van der Waals surface area (Å²) in [6.07, 6.45) is -63.3. The van der Waals surface area contributed by atoms with E-state index in [1.165, 1.54) is 23.6 Å². The van der Waals surface area contributed by atoms with Crippen molar-refractivity contribution in [2.24, 2.45) is 0 Å². The number of carbonyl (C=O) groups excluding carboxylic acids is 8. The molecule has 0 unspecified atom stereocenters. The van der Waals surface area contributed by atoms with Crippen LogP contribution in [0, 0.1) is 0 Å². The molecule has 8 saturated heterocycles. The second-order valence-corrected chi connectivity index (χ2v) is 35.4. The van der Waals surface area contributed by atoms with Crippen LogP contribution in [0.1, 0.15) is 79.1 Å². The highest BCUT2D eigenvalue weighted by molar-refractivity contribution is 5.85. The Balaban J connectivity index is 0.000000391. The molecule has 8 fully saturated rings. The zero-order valence-corrected chi connectivity index (χ0v) is 80.0. The third kappa shape index (κ3) is 37.8. The minimum Gasteiger partial charge on any atom is -0.394 e. The topological polar surface area (TPSA) is 893 Å². The summed E-state index contributed by atoms with van der Waals surface area (Å²) in [7, 11) is 0. The number of rotatable bonds is 56. The number of hydrogen-bond acceptors (Lipinski definition) is 51. The van der Waals surface area contributed by atoms with E-state index in [0.29, 0.717) is 64.5 Å². The van der Waals surface area contributed by atoms with Gasteiger partial charge in [-0.15, -0.1) is 0 Å². The molecule has 8 aliphatic rings. The SMILES string of the molecule is CCNC(=O)CCCCCNC(=O)CN(CC(=O)NCCO[C@@H]1O[C@@H](C)[C@@H](O)[C@@H](O)[C@@H]1O)CC(=O)NCCO[C@@H]1O[C@H](CO[C@H]2O[C@H](CO)[C@@H](O)[C@H](O)[C@@H]2O)[C@@H](O)[C@H](O[C@H]2O[C@H](CO)[C@@H](O)[C@H](O)[C@@H]2O)[C@H]1F.CCNC(=O)CCCCCNC(=O)CN(CC(=O)NCCO[C@@H]1O[C@@H](C)[C@@H](O)[C@@H](O)[C@@H]1O)CC(=O)NCCO[C@@H]1O[C@H](CO[C@H]2O[C@H](CO)[C@@H](O)[C@H](O)[C@@H]2O)[C@@H](O)[C@H](O[C@H]2O[C@H](CO)[C@@H](O)[C@H](O)[C@@H]2O)[C@H]1O. The van der Waals surface area contributed by atoms with Gasteiger partial charge in [0.1, 0.15) is 177 Å². The number of nitrogens with one attached hydrogen (secondary N) is 8. The monoisotopic (exact) mass is 2100 g/mol. The average molecular weight is 2100 g/mol. The number of alkyl halides is 1. The van der Waals surface area contributed by atoms with Crippen molar-refractivity contribution in [3.8, 4) is 0 Å². The van der Waals surface area contributed by atoms with Crippen molar-refractivity contribution in [3.63, 3.8) is 0 Å². The summed E-state index contributed by atoms with van der Waals surface area (Å²) in [6.45, 7) is -1.81. The number of amides is 8. The molecule has 0 spiro atoms. The van der Waals surface area contributed by atoms with Crippen molar-refractivity contribution in [2.45, 2.75) is 325 Å². The smallest absolute Gasteiger partial charge is 0.234 e. The molecule has 40 atom stereocenters. The molecule has 0 aromatic carbocycles. The van der Waals surface area contributed by atoms with Crippen LogP contribution in [0.3, 0.4) is 0 Å². The molecule has 8 amide bonds. The van der Waals surface area contributed by atoms with Gasteiger partial charge in [-0.25, -0.2) is 4.39 Å². The molecule has 144 heavy (non-hydrogen) atoms. The summed E-state index contributed by atoms with van der Waals surface area (Å²) in [6, 6.07) is 0. The molecule has 33 N–H and O–H groups in total. The lowest BCUT2D eigenvalue weighted by Gasteiger charge is -2.46. The second-order valence-electron chi connectivity index (χ2n) is 35.4. The Bertz CT molecular complexity index is 3530. The normalized spacial score (nSPS) is 37.2. The lowest BCUT2D eigenvalue weighted by Crippen LogP contribution is -2.65. The number of aliphatic hydroxyl groups excluding tert-OH is 25. The fraction of sp³-hybridized carbons (Fsp3) is 0.905. The van der Waals surface area contributed by atoms with Crippen LogP contribution in [0.2, 0.25) is 0 Å². The predicted octanol–water partition coefficient (Wildman–Crippen LogP) is -19.7. The minimum atomic E-state index is -2.44. The van der Waals surface area contributed by atoms with E-state index in [1.54, 1.807) is 6.92 Å². The molecule has 0 aromatic rings. The molecule has 0 radical (unpaired) electrons. The summed E-state index contributed by atoms with van der Waals surface area (Å²) in [5.41, 5.74) is 0. The largest absolute Gasteiger partial charge is 0.394 e. The van der Waals surface area contributed by atoms with Crippen LogP contribution in [0.15, 0.2) is 0 Å². The highest BCUT2D eigenvalue weighted by atomic mass is 19.1. The van der Waals surface area contributed by atoms with E-state index in [4.69, 9.17) is 75.8 Å². The summed E-state index contributed by atoms with van der Waals surface area (Å²) in [5.74, 6) is -3.98. The number of hydrogen-bond donors (Lipinski definition) is 33. The van der Waals surface area contributed by atoms with Crippen LogP contribution in [0.4, 0.5) is 4.39 Å². The van der Waals surface area contributed by atoms with E-state index in [0.717, 1.165) is 0 Å². The quantitative estimate of drug-likeness (QED) is 0.0251. The van der Waals surface area contributed by atoms with Gasteiger partial charge in [-0.05, 0) is 53.4 Å². The molecule has 59 nitrogen and oxygen atoms in total. The predicted molar refractivity (Wildman–Crippen MR) is 471 cm³/mol. The first kappa shape index (κ1) is 125. The van der Waals surface area contributed by atoms with Crippen LogP contribution < -0.4 is 42.5 Å². The minimum absolute atomic E-state index is 0.0834. The second kappa shape index (κ2) is 63.3. The van der Waals surface area contributed by atoms with Crippen LogP contribution in [-0.4, -0.2) is 588 Å². The van der Waals surface area contributed by atoms with Crippen molar-refractivity contribution in [3.05, 3.63) is 0 Å². The van der Waals surface area contributed by atoms with Crippen LogP contribution in [-0.2, 0) is 114 Å². The van der Waals surface area contributed by atoms with E-state index in [1.807, 2.05) is 6.92 Å². The van der Waals surface area contributed by atoms with Gasteiger partial charge in [-0.1, -0.05) is 12.8 Å². The Morgan fingerprint density at radius 2 is 0.507 bits per heavy atom. The number of carbonyl (C=O) groups is 8. The van der Waals surface area contributed by atoms with Crippen molar-refractivity contribution in [1.82, 2.24) is 52.3 Å².